The van der Waals surface area contributed by atoms with Crippen LogP contribution in [0.4, 0.5) is 0 Å². The van der Waals surface area contributed by atoms with Gasteiger partial charge in [0, 0.05) is 5.56 Å². The highest BCUT2D eigenvalue weighted by atomic mass is 16.5. The van der Waals surface area contributed by atoms with E-state index in [1.807, 2.05) is 18.2 Å². The Hall–Kier alpha value is -2.04. The fraction of sp³-hybridized carbons (Fsp3) is 0.467. The van der Waals surface area contributed by atoms with Gasteiger partial charge in [-0.05, 0) is 17.0 Å². The average Bonchev–Trinajstić information content (AvgIpc) is 2.35. The van der Waals surface area contributed by atoms with Crippen molar-refractivity contribution < 1.29 is 19.1 Å². The summed E-state index contributed by atoms with van der Waals surface area (Å²) in [5.74, 6) is -0.436. The number of hydrogen-bond donors (Lipinski definition) is 1. The molecule has 0 heterocycles. The third kappa shape index (κ3) is 4.57. The van der Waals surface area contributed by atoms with Crippen molar-refractivity contribution in [1.29, 1.82) is 0 Å². The van der Waals surface area contributed by atoms with E-state index in [4.69, 9.17) is 10.5 Å². The van der Waals surface area contributed by atoms with Crippen molar-refractivity contribution in [2.24, 2.45) is 5.73 Å². The molecule has 2 N–H and O–H groups in total. The molecule has 110 valence electrons. The molecular formula is C15H21NO4. The quantitative estimate of drug-likeness (QED) is 0.830. The van der Waals surface area contributed by atoms with E-state index < -0.39 is 5.91 Å². The van der Waals surface area contributed by atoms with Gasteiger partial charge in [-0.25, -0.2) is 0 Å². The lowest BCUT2D eigenvalue weighted by molar-refractivity contribution is -0.139. The van der Waals surface area contributed by atoms with Crippen molar-refractivity contribution in [2.45, 2.75) is 32.6 Å². The molecule has 1 rings (SSSR count). The van der Waals surface area contributed by atoms with E-state index in [1.165, 1.54) is 7.11 Å². The molecule has 0 aliphatic carbocycles. The summed E-state index contributed by atoms with van der Waals surface area (Å²) in [6, 6.07) is 5.59. The second-order valence-electron chi connectivity index (χ2n) is 5.58. The van der Waals surface area contributed by atoms with E-state index in [-0.39, 0.29) is 24.4 Å². The fourth-order valence-electron chi connectivity index (χ4n) is 1.68. The van der Waals surface area contributed by atoms with E-state index >= 15 is 0 Å². The van der Waals surface area contributed by atoms with Crippen LogP contribution in [0, 0.1) is 0 Å². The molecule has 1 amide bonds. The van der Waals surface area contributed by atoms with Crippen LogP contribution >= 0.6 is 0 Å². The number of carbonyl (C=O) groups excluding carboxylic acids is 2. The Morgan fingerprint density at radius 3 is 2.40 bits per heavy atom. The van der Waals surface area contributed by atoms with Crippen molar-refractivity contribution in [2.75, 3.05) is 13.7 Å². The second kappa shape index (κ2) is 6.41. The van der Waals surface area contributed by atoms with Crippen LogP contribution in [-0.4, -0.2) is 25.6 Å². The topological polar surface area (TPSA) is 78.6 Å². The molecule has 20 heavy (non-hydrogen) atoms. The predicted octanol–water partition coefficient (Wildman–Crippen LogP) is 1.56. The highest BCUT2D eigenvalue weighted by Gasteiger charge is 2.17. The number of amides is 1. The monoisotopic (exact) mass is 279 g/mol. The van der Waals surface area contributed by atoms with E-state index in [2.05, 4.69) is 25.5 Å². The summed E-state index contributed by atoms with van der Waals surface area (Å²) < 4.78 is 10.0. The number of methoxy groups -OCH3 is 1. The number of carbonyl (C=O) groups is 2. The highest BCUT2D eigenvalue weighted by molar-refractivity contribution is 5.76. The molecule has 0 bridgehead atoms. The molecule has 1 aromatic carbocycles. The van der Waals surface area contributed by atoms with Crippen LogP contribution in [0.5, 0.6) is 5.75 Å². The maximum atomic E-state index is 11.4. The Bertz CT molecular complexity index is 503. The maximum Gasteiger partial charge on any atom is 0.310 e. The van der Waals surface area contributed by atoms with Gasteiger partial charge in [0.15, 0.2) is 6.61 Å². The average molecular weight is 279 g/mol. The Morgan fingerprint density at radius 2 is 1.90 bits per heavy atom. The lowest BCUT2D eigenvalue weighted by atomic mass is 9.86. The second-order valence-corrected chi connectivity index (χ2v) is 5.58. The van der Waals surface area contributed by atoms with Crippen LogP contribution in [0.25, 0.3) is 0 Å². The standard InChI is InChI=1S/C15H21NO4/c1-15(2,3)11-6-5-10(7-14(18)19-4)12(8-11)20-9-13(16)17/h5-6,8H,7,9H2,1-4H3,(H2,16,17). The molecule has 0 unspecified atom stereocenters. The van der Waals surface area contributed by atoms with Gasteiger partial charge in [0.2, 0.25) is 0 Å². The Morgan fingerprint density at radius 1 is 1.25 bits per heavy atom. The zero-order valence-electron chi connectivity index (χ0n) is 12.4. The van der Waals surface area contributed by atoms with Gasteiger partial charge in [-0.1, -0.05) is 32.9 Å². The molecule has 1 aromatic rings. The maximum absolute atomic E-state index is 11.4. The molecule has 0 atom stereocenters. The molecule has 5 nitrogen and oxygen atoms in total. The lowest BCUT2D eigenvalue weighted by Crippen LogP contribution is -2.21. The molecule has 5 heteroatoms. The van der Waals surface area contributed by atoms with Crippen LogP contribution in [-0.2, 0) is 26.2 Å². The van der Waals surface area contributed by atoms with Crippen LogP contribution in [0.1, 0.15) is 31.9 Å². The third-order valence-electron chi connectivity index (χ3n) is 2.87. The van der Waals surface area contributed by atoms with E-state index in [9.17, 15) is 9.59 Å². The van der Waals surface area contributed by atoms with E-state index in [1.54, 1.807) is 0 Å². The zero-order valence-corrected chi connectivity index (χ0v) is 12.4. The first-order valence-corrected chi connectivity index (χ1v) is 6.35. The van der Waals surface area contributed by atoms with Crippen LogP contribution in [0.3, 0.4) is 0 Å². The predicted molar refractivity (Wildman–Crippen MR) is 75.6 cm³/mol. The third-order valence-corrected chi connectivity index (χ3v) is 2.87. The molecule has 0 radical (unpaired) electrons. The van der Waals surface area contributed by atoms with Gasteiger partial charge in [0.1, 0.15) is 5.75 Å². The van der Waals surface area contributed by atoms with Crippen molar-refractivity contribution in [1.82, 2.24) is 0 Å². The molecule has 0 saturated heterocycles. The summed E-state index contributed by atoms with van der Waals surface area (Å²) in [5.41, 5.74) is 6.74. The van der Waals surface area contributed by atoms with Crippen molar-refractivity contribution in [3.05, 3.63) is 29.3 Å². The van der Waals surface area contributed by atoms with Gasteiger partial charge < -0.3 is 15.2 Å². The summed E-state index contributed by atoms with van der Waals surface area (Å²) >= 11 is 0. The summed E-state index contributed by atoms with van der Waals surface area (Å²) in [6.45, 7) is 5.99. The first kappa shape index (κ1) is 16.0. The van der Waals surface area contributed by atoms with Crippen molar-refractivity contribution >= 4 is 11.9 Å². The summed E-state index contributed by atoms with van der Waals surface area (Å²) in [7, 11) is 1.33. The molecule has 0 aromatic heterocycles. The number of nitrogens with two attached hydrogens (primary N) is 1. The number of ether oxygens (including phenoxy) is 2. The minimum absolute atomic E-state index is 0.0609. The van der Waals surface area contributed by atoms with Gasteiger partial charge in [-0.3, -0.25) is 9.59 Å². The number of esters is 1. The smallest absolute Gasteiger partial charge is 0.310 e. The number of benzene rings is 1. The lowest BCUT2D eigenvalue weighted by Gasteiger charge is -2.21. The fourth-order valence-corrected chi connectivity index (χ4v) is 1.68. The van der Waals surface area contributed by atoms with Crippen LogP contribution < -0.4 is 10.5 Å². The molecule has 0 saturated carbocycles. The van der Waals surface area contributed by atoms with Crippen molar-refractivity contribution in [3.63, 3.8) is 0 Å². The minimum atomic E-state index is -0.560. The SMILES string of the molecule is COC(=O)Cc1ccc(C(C)(C)C)cc1OCC(N)=O. The summed E-state index contributed by atoms with van der Waals surface area (Å²) in [5, 5.41) is 0. The molecule has 0 fully saturated rings. The Kier molecular flexibility index (Phi) is 5.13. The molecule has 0 aliphatic rings. The first-order valence-electron chi connectivity index (χ1n) is 6.35. The normalized spacial score (nSPS) is 11.0. The van der Waals surface area contributed by atoms with Crippen LogP contribution in [0.2, 0.25) is 0 Å². The molecule has 0 aliphatic heterocycles. The van der Waals surface area contributed by atoms with Gasteiger partial charge in [-0.15, -0.1) is 0 Å². The number of rotatable bonds is 5. The number of primary amides is 1. The van der Waals surface area contributed by atoms with Gasteiger partial charge in [-0.2, -0.15) is 0 Å². The van der Waals surface area contributed by atoms with Gasteiger partial charge >= 0.3 is 5.97 Å². The van der Waals surface area contributed by atoms with Crippen molar-refractivity contribution in [3.8, 4) is 5.75 Å². The van der Waals surface area contributed by atoms with Gasteiger partial charge in [0.25, 0.3) is 5.91 Å². The van der Waals surface area contributed by atoms with E-state index in [0.717, 1.165) is 5.56 Å². The van der Waals surface area contributed by atoms with E-state index in [0.29, 0.717) is 11.3 Å². The molecule has 0 spiro atoms. The van der Waals surface area contributed by atoms with Gasteiger partial charge in [0.05, 0.1) is 13.5 Å². The van der Waals surface area contributed by atoms with Crippen LogP contribution in [0.15, 0.2) is 18.2 Å². The number of hydrogen-bond acceptors (Lipinski definition) is 4. The highest BCUT2D eigenvalue weighted by Crippen LogP contribution is 2.29. The Balaban J connectivity index is 3.09. The zero-order chi connectivity index (χ0) is 15.3. The Labute approximate surface area is 119 Å². The largest absolute Gasteiger partial charge is 0.483 e. The summed E-state index contributed by atoms with van der Waals surface area (Å²) in [6.07, 6.45) is 0.0923. The first-order chi connectivity index (χ1) is 9.24. The minimum Gasteiger partial charge on any atom is -0.483 e. The summed E-state index contributed by atoms with van der Waals surface area (Å²) in [4.78, 5) is 22.2. The molecular weight excluding hydrogens is 258 g/mol.